The van der Waals surface area contributed by atoms with Gasteiger partial charge in [-0.15, -0.1) is 0 Å². The Morgan fingerprint density at radius 3 is 2.48 bits per heavy atom. The van der Waals surface area contributed by atoms with Gasteiger partial charge in [0.25, 0.3) is 0 Å². The number of aromatic nitrogens is 1. The van der Waals surface area contributed by atoms with Gasteiger partial charge in [-0.3, -0.25) is 4.98 Å². The lowest BCUT2D eigenvalue weighted by atomic mass is 9.91. The van der Waals surface area contributed by atoms with Crippen molar-refractivity contribution in [1.29, 1.82) is 0 Å². The van der Waals surface area contributed by atoms with Crippen molar-refractivity contribution in [1.82, 2.24) is 15.2 Å². The van der Waals surface area contributed by atoms with Gasteiger partial charge in [-0.1, -0.05) is 12.8 Å². The van der Waals surface area contributed by atoms with Crippen LogP contribution in [0.25, 0.3) is 0 Å². The molecule has 1 aromatic heterocycles. The summed E-state index contributed by atoms with van der Waals surface area (Å²) in [6.45, 7) is 7.88. The quantitative estimate of drug-likeness (QED) is 0.834. The monoisotopic (exact) mass is 317 g/mol. The minimum absolute atomic E-state index is 0.0913. The number of piperidine rings is 1. The molecule has 0 saturated carbocycles. The number of nitrogens with zero attached hydrogens (tertiary/aromatic N) is 2. The Labute approximate surface area is 140 Å². The lowest BCUT2D eigenvalue weighted by Crippen LogP contribution is -2.50. The van der Waals surface area contributed by atoms with E-state index < -0.39 is 0 Å². The highest BCUT2D eigenvalue weighted by molar-refractivity contribution is 5.75. The number of rotatable bonds is 5. The van der Waals surface area contributed by atoms with E-state index in [2.05, 4.69) is 22.4 Å². The van der Waals surface area contributed by atoms with Crippen molar-refractivity contribution in [2.75, 3.05) is 13.1 Å². The molecule has 2 amide bonds. The average Bonchev–Trinajstić information content (AvgIpc) is 2.51. The fourth-order valence-electron chi connectivity index (χ4n) is 3.14. The first kappa shape index (κ1) is 17.8. The van der Waals surface area contributed by atoms with E-state index in [1.54, 1.807) is 0 Å². The van der Waals surface area contributed by atoms with Crippen LogP contribution in [0.4, 0.5) is 4.79 Å². The van der Waals surface area contributed by atoms with Crippen molar-refractivity contribution in [2.24, 2.45) is 5.92 Å². The molecule has 1 N–H and O–H groups in total. The van der Waals surface area contributed by atoms with Crippen LogP contribution in [-0.2, 0) is 6.42 Å². The van der Waals surface area contributed by atoms with Crippen LogP contribution in [0.15, 0.2) is 24.5 Å². The Bertz CT molecular complexity index is 473. The lowest BCUT2D eigenvalue weighted by molar-refractivity contribution is 0.160. The molecule has 0 unspecified atom stereocenters. The highest BCUT2D eigenvalue weighted by Gasteiger charge is 2.24. The summed E-state index contributed by atoms with van der Waals surface area (Å²) < 4.78 is 0. The summed E-state index contributed by atoms with van der Waals surface area (Å²) >= 11 is 0. The van der Waals surface area contributed by atoms with Gasteiger partial charge in [-0.05, 0) is 70.1 Å². The molecule has 0 atom stereocenters. The van der Waals surface area contributed by atoms with E-state index >= 15 is 0 Å². The van der Waals surface area contributed by atoms with Crippen LogP contribution in [0.3, 0.4) is 0 Å². The van der Waals surface area contributed by atoms with E-state index in [1.165, 1.54) is 24.8 Å². The molecule has 1 aliphatic rings. The molecule has 1 saturated heterocycles. The van der Waals surface area contributed by atoms with Crippen LogP contribution < -0.4 is 5.32 Å². The third kappa shape index (κ3) is 6.59. The van der Waals surface area contributed by atoms with E-state index in [1.807, 2.05) is 38.1 Å². The molecule has 4 nitrogen and oxygen atoms in total. The summed E-state index contributed by atoms with van der Waals surface area (Å²) in [4.78, 5) is 18.2. The predicted octanol–water partition coefficient (Wildman–Crippen LogP) is 4.01. The van der Waals surface area contributed by atoms with E-state index in [0.29, 0.717) is 0 Å². The fourth-order valence-corrected chi connectivity index (χ4v) is 3.14. The molecule has 128 valence electrons. The SMILES string of the molecule is CC(C)(C)NC(=O)N1CCC(CCCCc2ccncc2)CC1. The Kier molecular flexibility index (Phi) is 6.43. The van der Waals surface area contributed by atoms with Gasteiger partial charge in [0.1, 0.15) is 0 Å². The number of likely N-dealkylation sites (tertiary alicyclic amines) is 1. The highest BCUT2D eigenvalue weighted by Crippen LogP contribution is 2.23. The summed E-state index contributed by atoms with van der Waals surface area (Å²) in [6.07, 6.45) is 11.0. The van der Waals surface area contributed by atoms with Crippen LogP contribution >= 0.6 is 0 Å². The number of aryl methyl sites for hydroxylation is 1. The van der Waals surface area contributed by atoms with Gasteiger partial charge in [-0.25, -0.2) is 4.79 Å². The molecule has 4 heteroatoms. The Hall–Kier alpha value is -1.58. The summed E-state index contributed by atoms with van der Waals surface area (Å²) in [5.74, 6) is 0.783. The molecule has 0 spiro atoms. The van der Waals surface area contributed by atoms with Gasteiger partial charge in [0.2, 0.25) is 0 Å². The minimum Gasteiger partial charge on any atom is -0.333 e. The molecular formula is C19H31N3O. The molecule has 1 aliphatic heterocycles. The van der Waals surface area contributed by atoms with Crippen LogP contribution in [0.2, 0.25) is 0 Å². The molecule has 2 rings (SSSR count). The van der Waals surface area contributed by atoms with Crippen LogP contribution in [0.5, 0.6) is 0 Å². The van der Waals surface area contributed by atoms with E-state index in [-0.39, 0.29) is 11.6 Å². The van der Waals surface area contributed by atoms with Gasteiger partial charge >= 0.3 is 6.03 Å². The number of unbranched alkanes of at least 4 members (excludes halogenated alkanes) is 1. The lowest BCUT2D eigenvalue weighted by Gasteiger charge is -2.34. The second-order valence-corrected chi connectivity index (χ2v) is 7.71. The van der Waals surface area contributed by atoms with Crippen molar-refractivity contribution >= 4 is 6.03 Å². The average molecular weight is 317 g/mol. The summed E-state index contributed by atoms with van der Waals surface area (Å²) in [5.41, 5.74) is 1.23. The zero-order valence-electron chi connectivity index (χ0n) is 14.8. The van der Waals surface area contributed by atoms with E-state index in [4.69, 9.17) is 0 Å². The first-order valence-electron chi connectivity index (χ1n) is 8.90. The maximum absolute atomic E-state index is 12.1. The van der Waals surface area contributed by atoms with Gasteiger partial charge < -0.3 is 10.2 Å². The summed E-state index contributed by atoms with van der Waals surface area (Å²) in [7, 11) is 0. The molecule has 0 bridgehead atoms. The maximum atomic E-state index is 12.1. The molecule has 0 aliphatic carbocycles. The molecule has 1 fully saturated rings. The zero-order valence-corrected chi connectivity index (χ0v) is 14.8. The number of hydrogen-bond acceptors (Lipinski definition) is 2. The minimum atomic E-state index is -0.152. The number of amides is 2. The first-order chi connectivity index (χ1) is 10.9. The number of nitrogens with one attached hydrogen (secondary N) is 1. The van der Waals surface area contributed by atoms with Gasteiger partial charge in [0.15, 0.2) is 0 Å². The summed E-state index contributed by atoms with van der Waals surface area (Å²) in [5, 5.41) is 3.06. The second-order valence-electron chi connectivity index (χ2n) is 7.71. The van der Waals surface area contributed by atoms with E-state index in [0.717, 1.165) is 38.3 Å². The molecule has 0 radical (unpaired) electrons. The number of urea groups is 1. The number of carbonyl (C=O) groups is 1. The maximum Gasteiger partial charge on any atom is 0.317 e. The topological polar surface area (TPSA) is 45.2 Å². The second kappa shape index (κ2) is 8.32. The van der Waals surface area contributed by atoms with Crippen LogP contribution in [0.1, 0.15) is 58.4 Å². The Balaban J connectivity index is 1.60. The van der Waals surface area contributed by atoms with Crippen molar-refractivity contribution in [3.05, 3.63) is 30.1 Å². The molecule has 0 aromatic carbocycles. The van der Waals surface area contributed by atoms with Gasteiger partial charge in [0.05, 0.1) is 0 Å². The molecule has 23 heavy (non-hydrogen) atoms. The van der Waals surface area contributed by atoms with Gasteiger partial charge in [0, 0.05) is 31.0 Å². The van der Waals surface area contributed by atoms with Gasteiger partial charge in [-0.2, -0.15) is 0 Å². The van der Waals surface area contributed by atoms with Crippen LogP contribution in [-0.4, -0.2) is 34.5 Å². The van der Waals surface area contributed by atoms with Crippen molar-refractivity contribution in [3.8, 4) is 0 Å². The number of pyridine rings is 1. The largest absolute Gasteiger partial charge is 0.333 e. The third-order valence-corrected chi connectivity index (χ3v) is 4.46. The third-order valence-electron chi connectivity index (χ3n) is 4.46. The smallest absolute Gasteiger partial charge is 0.317 e. The van der Waals surface area contributed by atoms with Crippen LogP contribution in [0, 0.1) is 5.92 Å². The number of hydrogen-bond donors (Lipinski definition) is 1. The fraction of sp³-hybridized carbons (Fsp3) is 0.684. The predicted molar refractivity (Wildman–Crippen MR) is 94.4 cm³/mol. The number of carbonyl (C=O) groups excluding carboxylic acids is 1. The zero-order chi connectivity index (χ0) is 16.7. The summed E-state index contributed by atoms with van der Waals surface area (Å²) in [6, 6.07) is 4.30. The van der Waals surface area contributed by atoms with Crippen molar-refractivity contribution in [3.63, 3.8) is 0 Å². The molecular weight excluding hydrogens is 286 g/mol. The Morgan fingerprint density at radius 1 is 1.22 bits per heavy atom. The highest BCUT2D eigenvalue weighted by atomic mass is 16.2. The van der Waals surface area contributed by atoms with E-state index in [9.17, 15) is 4.79 Å². The Morgan fingerprint density at radius 2 is 1.87 bits per heavy atom. The molecule has 2 heterocycles. The standard InChI is InChI=1S/C19H31N3O/c1-19(2,3)21-18(23)22-14-10-17(11-15-22)7-5-4-6-16-8-12-20-13-9-16/h8-9,12-13,17H,4-7,10-11,14-15H2,1-3H3,(H,21,23). The molecule has 1 aromatic rings. The van der Waals surface area contributed by atoms with Crippen molar-refractivity contribution < 1.29 is 4.79 Å². The first-order valence-corrected chi connectivity index (χ1v) is 8.90. The van der Waals surface area contributed by atoms with Crippen molar-refractivity contribution in [2.45, 2.75) is 64.8 Å². The normalized spacial score (nSPS) is 16.4.